The molecular weight excluding hydrogens is 397 g/mol. The molecule has 1 aliphatic heterocycles. The molecule has 0 saturated carbocycles. The fourth-order valence-corrected chi connectivity index (χ4v) is 2.95. The van der Waals surface area contributed by atoms with E-state index in [1.54, 1.807) is 11.0 Å². The predicted molar refractivity (Wildman–Crippen MR) is 106 cm³/mol. The van der Waals surface area contributed by atoms with Crippen LogP contribution in [0.2, 0.25) is 0 Å². The molecule has 0 bridgehead atoms. The number of esters is 1. The van der Waals surface area contributed by atoms with Gasteiger partial charge in [0.25, 0.3) is 11.6 Å². The zero-order valence-corrected chi connectivity index (χ0v) is 16.2. The third-order valence-corrected chi connectivity index (χ3v) is 4.54. The van der Waals surface area contributed by atoms with E-state index in [2.05, 4.69) is 5.32 Å². The van der Waals surface area contributed by atoms with Crippen molar-refractivity contribution in [3.8, 4) is 0 Å². The van der Waals surface area contributed by atoms with Gasteiger partial charge in [-0.1, -0.05) is 12.1 Å². The van der Waals surface area contributed by atoms with Gasteiger partial charge in [0.1, 0.15) is 11.5 Å². The number of amides is 1. The molecule has 10 heteroatoms. The third kappa shape index (κ3) is 4.90. The highest BCUT2D eigenvalue weighted by Gasteiger charge is 2.25. The monoisotopic (exact) mass is 417 g/mol. The minimum Gasteiger partial charge on any atom is -0.449 e. The van der Waals surface area contributed by atoms with Crippen LogP contribution < -0.4 is 10.2 Å². The number of para-hydroxylation sites is 1. The van der Waals surface area contributed by atoms with Crippen LogP contribution in [0.15, 0.2) is 42.5 Å². The first kappa shape index (κ1) is 21.2. The normalized spacial score (nSPS) is 14.7. The lowest BCUT2D eigenvalue weighted by atomic mass is 10.1. The van der Waals surface area contributed by atoms with Crippen molar-refractivity contribution >= 4 is 28.9 Å². The Hall–Kier alpha value is -3.53. The second kappa shape index (κ2) is 9.31. The second-order valence-electron chi connectivity index (χ2n) is 6.58. The summed E-state index contributed by atoms with van der Waals surface area (Å²) < 4.78 is 24.0. The lowest BCUT2D eigenvalue weighted by molar-refractivity contribution is -0.384. The largest absolute Gasteiger partial charge is 0.449 e. The van der Waals surface area contributed by atoms with Crippen LogP contribution in [-0.4, -0.2) is 49.2 Å². The Morgan fingerprint density at radius 3 is 2.60 bits per heavy atom. The van der Waals surface area contributed by atoms with Crippen LogP contribution in [0.5, 0.6) is 0 Å². The van der Waals surface area contributed by atoms with Crippen molar-refractivity contribution in [2.45, 2.75) is 13.0 Å². The number of anilines is 2. The first-order chi connectivity index (χ1) is 14.4. The standard InChI is InChI=1S/C20H20FN3O6/c1-13(19(25)22-16-5-3-2-4-15(16)21)30-20(26)14-6-7-17(18(12-14)24(27)28)23-8-10-29-11-9-23/h2-7,12-13H,8-11H2,1H3,(H,22,25)/t13-/m0/s1. The highest BCUT2D eigenvalue weighted by atomic mass is 19.1. The predicted octanol–water partition coefficient (Wildman–Crippen LogP) is 2.75. The number of carbonyl (C=O) groups excluding carboxylic acids is 2. The molecule has 1 amide bonds. The molecule has 1 N–H and O–H groups in total. The highest BCUT2D eigenvalue weighted by Crippen LogP contribution is 2.30. The molecule has 1 fully saturated rings. The number of rotatable bonds is 6. The van der Waals surface area contributed by atoms with E-state index in [-0.39, 0.29) is 16.9 Å². The van der Waals surface area contributed by atoms with Gasteiger partial charge in [-0.3, -0.25) is 14.9 Å². The molecule has 2 aromatic carbocycles. The number of morpholine rings is 1. The Balaban J connectivity index is 1.71. The molecule has 0 radical (unpaired) electrons. The molecular formula is C20H20FN3O6. The summed E-state index contributed by atoms with van der Waals surface area (Å²) in [5.41, 5.74) is 0.0279. The van der Waals surface area contributed by atoms with E-state index in [0.717, 1.165) is 6.07 Å². The Bertz CT molecular complexity index is 961. The van der Waals surface area contributed by atoms with Crippen LogP contribution >= 0.6 is 0 Å². The zero-order valence-electron chi connectivity index (χ0n) is 16.2. The Morgan fingerprint density at radius 2 is 1.93 bits per heavy atom. The SMILES string of the molecule is C[C@H](OC(=O)c1ccc(N2CCOCC2)c([N+](=O)[O-])c1)C(=O)Nc1ccccc1F. The van der Waals surface area contributed by atoms with Crippen molar-refractivity contribution < 1.29 is 28.4 Å². The van der Waals surface area contributed by atoms with Crippen molar-refractivity contribution in [2.24, 2.45) is 0 Å². The van der Waals surface area contributed by atoms with Crippen molar-refractivity contribution in [3.63, 3.8) is 0 Å². The average molecular weight is 417 g/mol. The van der Waals surface area contributed by atoms with Gasteiger partial charge in [0, 0.05) is 19.2 Å². The minimum absolute atomic E-state index is 0.0455. The number of ether oxygens (including phenoxy) is 2. The van der Waals surface area contributed by atoms with Crippen LogP contribution in [0.25, 0.3) is 0 Å². The summed E-state index contributed by atoms with van der Waals surface area (Å²) in [6.45, 7) is 3.23. The summed E-state index contributed by atoms with van der Waals surface area (Å²) in [6.07, 6.45) is -1.24. The number of hydrogen-bond acceptors (Lipinski definition) is 7. The van der Waals surface area contributed by atoms with Gasteiger partial charge in [-0.05, 0) is 31.2 Å². The average Bonchev–Trinajstić information content (AvgIpc) is 2.75. The van der Waals surface area contributed by atoms with E-state index in [9.17, 15) is 24.1 Å². The van der Waals surface area contributed by atoms with Crippen molar-refractivity contribution in [3.05, 3.63) is 64.0 Å². The van der Waals surface area contributed by atoms with Crippen LogP contribution in [0.4, 0.5) is 21.5 Å². The topological polar surface area (TPSA) is 111 Å². The van der Waals surface area contributed by atoms with E-state index in [4.69, 9.17) is 9.47 Å². The van der Waals surface area contributed by atoms with Gasteiger partial charge in [0.2, 0.25) is 0 Å². The van der Waals surface area contributed by atoms with Gasteiger partial charge in [0.05, 0.1) is 29.4 Å². The molecule has 1 saturated heterocycles. The summed E-state index contributed by atoms with van der Waals surface area (Å²) in [5.74, 6) is -2.26. The lowest BCUT2D eigenvalue weighted by Crippen LogP contribution is -2.36. The maximum atomic E-state index is 13.7. The summed E-state index contributed by atoms with van der Waals surface area (Å²) in [5, 5.41) is 13.8. The molecule has 0 aromatic heterocycles. The molecule has 3 rings (SSSR count). The number of nitrogens with one attached hydrogen (secondary N) is 1. The second-order valence-corrected chi connectivity index (χ2v) is 6.58. The van der Waals surface area contributed by atoms with E-state index >= 15 is 0 Å². The quantitative estimate of drug-likeness (QED) is 0.437. The summed E-state index contributed by atoms with van der Waals surface area (Å²) in [7, 11) is 0. The fraction of sp³-hybridized carbons (Fsp3) is 0.300. The molecule has 1 aliphatic rings. The third-order valence-electron chi connectivity index (χ3n) is 4.54. The smallest absolute Gasteiger partial charge is 0.339 e. The Labute approximate surface area is 171 Å². The number of nitrogens with zero attached hydrogens (tertiary/aromatic N) is 2. The maximum absolute atomic E-state index is 13.7. The molecule has 0 unspecified atom stereocenters. The number of halogens is 1. The molecule has 1 atom stereocenters. The number of benzene rings is 2. The minimum atomic E-state index is -1.24. The summed E-state index contributed by atoms with van der Waals surface area (Å²) in [4.78, 5) is 37.3. The molecule has 9 nitrogen and oxygen atoms in total. The van der Waals surface area contributed by atoms with Gasteiger partial charge in [0.15, 0.2) is 6.10 Å². The van der Waals surface area contributed by atoms with Crippen molar-refractivity contribution in [2.75, 3.05) is 36.5 Å². The number of carbonyl (C=O) groups is 2. The van der Waals surface area contributed by atoms with Gasteiger partial charge in [-0.15, -0.1) is 0 Å². The van der Waals surface area contributed by atoms with Crippen LogP contribution in [0.1, 0.15) is 17.3 Å². The van der Waals surface area contributed by atoms with E-state index in [0.29, 0.717) is 32.0 Å². The van der Waals surface area contributed by atoms with Gasteiger partial charge < -0.3 is 19.7 Å². The number of nitro benzene ring substituents is 1. The number of nitro groups is 1. The summed E-state index contributed by atoms with van der Waals surface area (Å²) >= 11 is 0. The Kier molecular flexibility index (Phi) is 6.58. The molecule has 1 heterocycles. The molecule has 2 aromatic rings. The highest BCUT2D eigenvalue weighted by molar-refractivity contribution is 5.98. The Morgan fingerprint density at radius 1 is 1.23 bits per heavy atom. The summed E-state index contributed by atoms with van der Waals surface area (Å²) in [6, 6.07) is 9.57. The molecule has 30 heavy (non-hydrogen) atoms. The lowest BCUT2D eigenvalue weighted by Gasteiger charge is -2.28. The van der Waals surface area contributed by atoms with Crippen molar-refractivity contribution in [1.82, 2.24) is 0 Å². The first-order valence-corrected chi connectivity index (χ1v) is 9.24. The first-order valence-electron chi connectivity index (χ1n) is 9.24. The van der Waals surface area contributed by atoms with Crippen LogP contribution in [0, 0.1) is 15.9 Å². The number of hydrogen-bond donors (Lipinski definition) is 1. The zero-order chi connectivity index (χ0) is 21.7. The fourth-order valence-electron chi connectivity index (χ4n) is 2.95. The molecule has 158 valence electrons. The van der Waals surface area contributed by atoms with Gasteiger partial charge >= 0.3 is 5.97 Å². The van der Waals surface area contributed by atoms with Crippen molar-refractivity contribution in [1.29, 1.82) is 0 Å². The van der Waals surface area contributed by atoms with E-state index < -0.39 is 28.7 Å². The maximum Gasteiger partial charge on any atom is 0.339 e. The van der Waals surface area contributed by atoms with E-state index in [1.807, 2.05) is 0 Å². The van der Waals surface area contributed by atoms with Crippen LogP contribution in [0.3, 0.4) is 0 Å². The van der Waals surface area contributed by atoms with Gasteiger partial charge in [-0.2, -0.15) is 0 Å². The van der Waals surface area contributed by atoms with Crippen LogP contribution in [-0.2, 0) is 14.3 Å². The van der Waals surface area contributed by atoms with Gasteiger partial charge in [-0.25, -0.2) is 9.18 Å². The van der Waals surface area contributed by atoms with E-state index in [1.165, 1.54) is 37.3 Å². The molecule has 0 spiro atoms. The molecule has 0 aliphatic carbocycles.